The Morgan fingerprint density at radius 1 is 1.13 bits per heavy atom. The molecule has 2 aromatic rings. The summed E-state index contributed by atoms with van der Waals surface area (Å²) in [5, 5.41) is 32.9. The van der Waals surface area contributed by atoms with Crippen LogP contribution in [0.2, 0.25) is 0 Å². The second-order valence-electron chi connectivity index (χ2n) is 8.01. The van der Waals surface area contributed by atoms with E-state index in [-0.39, 0.29) is 33.4 Å². The average Bonchev–Trinajstić information content (AvgIpc) is 2.70. The summed E-state index contributed by atoms with van der Waals surface area (Å²) in [6.45, 7) is 1.23. The van der Waals surface area contributed by atoms with Crippen LogP contribution in [0, 0.1) is 0 Å². The van der Waals surface area contributed by atoms with E-state index in [4.69, 9.17) is 4.74 Å². The van der Waals surface area contributed by atoms with E-state index in [9.17, 15) is 34.5 Å². The molecule has 0 heterocycles. The molecule has 0 aromatic heterocycles. The molecular formula is C23H20O8. The molecule has 2 aromatic carbocycles. The number of esters is 1. The van der Waals surface area contributed by atoms with Crippen LogP contribution in [0.15, 0.2) is 30.3 Å². The number of phenols is 1. The topological polar surface area (TPSA) is 138 Å². The fraction of sp³-hybridized carbons (Fsp3) is 0.304. The summed E-state index contributed by atoms with van der Waals surface area (Å²) < 4.78 is 4.82. The van der Waals surface area contributed by atoms with Crippen molar-refractivity contribution in [1.82, 2.24) is 0 Å². The molecule has 3 N–H and O–H groups in total. The number of benzene rings is 2. The molecule has 3 atom stereocenters. The SMILES string of the molecule is COC(=O)C1c2cc3c(c(O)c2C(O)CC1(O)CC(C)=O)C(=O)c1ccccc1C3=O. The number of aromatic hydroxyl groups is 1. The van der Waals surface area contributed by atoms with Gasteiger partial charge in [-0.05, 0) is 18.6 Å². The van der Waals surface area contributed by atoms with Crippen LogP contribution < -0.4 is 0 Å². The van der Waals surface area contributed by atoms with Crippen molar-refractivity contribution in [2.75, 3.05) is 7.11 Å². The lowest BCUT2D eigenvalue weighted by Crippen LogP contribution is -2.47. The molecule has 0 amide bonds. The second kappa shape index (κ2) is 7.11. The van der Waals surface area contributed by atoms with Crippen molar-refractivity contribution >= 4 is 23.3 Å². The second-order valence-corrected chi connectivity index (χ2v) is 8.01. The number of ether oxygens (including phenoxy) is 1. The minimum Gasteiger partial charge on any atom is -0.507 e. The molecular weight excluding hydrogens is 404 g/mol. The van der Waals surface area contributed by atoms with Crippen LogP contribution in [0.1, 0.15) is 74.8 Å². The van der Waals surface area contributed by atoms with Gasteiger partial charge in [-0.3, -0.25) is 19.2 Å². The zero-order valence-electron chi connectivity index (χ0n) is 16.8. The third-order valence-electron chi connectivity index (χ3n) is 5.98. The van der Waals surface area contributed by atoms with Gasteiger partial charge in [0.15, 0.2) is 11.6 Å². The number of carbonyl (C=O) groups is 4. The van der Waals surface area contributed by atoms with E-state index in [1.54, 1.807) is 12.1 Å². The molecule has 2 aliphatic rings. The van der Waals surface area contributed by atoms with Gasteiger partial charge in [-0.2, -0.15) is 0 Å². The van der Waals surface area contributed by atoms with Crippen LogP contribution in [-0.4, -0.2) is 51.3 Å². The van der Waals surface area contributed by atoms with E-state index < -0.39 is 59.5 Å². The summed E-state index contributed by atoms with van der Waals surface area (Å²) >= 11 is 0. The van der Waals surface area contributed by atoms with Gasteiger partial charge in [0.05, 0.1) is 24.4 Å². The Balaban J connectivity index is 2.01. The van der Waals surface area contributed by atoms with Gasteiger partial charge in [0.2, 0.25) is 0 Å². The van der Waals surface area contributed by atoms with E-state index >= 15 is 0 Å². The van der Waals surface area contributed by atoms with Crippen molar-refractivity contribution in [1.29, 1.82) is 0 Å². The molecule has 0 saturated carbocycles. The lowest BCUT2D eigenvalue weighted by Gasteiger charge is -2.42. The smallest absolute Gasteiger partial charge is 0.316 e. The Bertz CT molecular complexity index is 1160. The lowest BCUT2D eigenvalue weighted by molar-refractivity contribution is -0.154. The molecule has 31 heavy (non-hydrogen) atoms. The van der Waals surface area contributed by atoms with Crippen molar-refractivity contribution < 1.29 is 39.2 Å². The normalized spacial score (nSPS) is 24.1. The number of aliphatic hydroxyl groups is 2. The Labute approximate surface area is 177 Å². The Morgan fingerprint density at radius 3 is 2.32 bits per heavy atom. The van der Waals surface area contributed by atoms with Gasteiger partial charge in [0.1, 0.15) is 17.5 Å². The van der Waals surface area contributed by atoms with Gasteiger partial charge in [-0.25, -0.2) is 0 Å². The quantitative estimate of drug-likeness (QED) is 0.539. The summed E-state index contributed by atoms with van der Waals surface area (Å²) in [4.78, 5) is 50.6. The molecule has 8 nitrogen and oxygen atoms in total. The van der Waals surface area contributed by atoms with Gasteiger partial charge >= 0.3 is 5.97 Å². The third kappa shape index (κ3) is 2.98. The van der Waals surface area contributed by atoms with Crippen molar-refractivity contribution in [3.8, 4) is 5.75 Å². The number of aliphatic hydroxyl groups excluding tert-OH is 1. The molecule has 0 fully saturated rings. The maximum absolute atomic E-state index is 13.1. The zero-order chi connectivity index (χ0) is 22.7. The van der Waals surface area contributed by atoms with E-state index in [1.807, 2.05) is 0 Å². The number of phenolic OH excluding ortho intramolecular Hbond substituents is 1. The number of methoxy groups -OCH3 is 1. The standard InChI is InChI=1S/C23H20O8/c1-10(24)8-23(30)9-15(25)16-13(18(23)22(29)31-2)7-14-17(21(16)28)20(27)12-6-4-3-5-11(12)19(14)26/h3-7,15,18,25,28,30H,8-9H2,1-2H3. The number of carbonyl (C=O) groups excluding carboxylic acids is 4. The molecule has 4 rings (SSSR count). The maximum Gasteiger partial charge on any atom is 0.316 e. The van der Waals surface area contributed by atoms with E-state index in [0.29, 0.717) is 0 Å². The number of rotatable bonds is 3. The predicted molar refractivity (Wildman–Crippen MR) is 106 cm³/mol. The highest BCUT2D eigenvalue weighted by Crippen LogP contribution is 2.51. The minimum atomic E-state index is -1.99. The molecule has 0 saturated heterocycles. The van der Waals surface area contributed by atoms with Gasteiger partial charge < -0.3 is 20.1 Å². The monoisotopic (exact) mass is 424 g/mol. The molecule has 160 valence electrons. The molecule has 0 radical (unpaired) electrons. The fourth-order valence-electron chi connectivity index (χ4n) is 4.77. The van der Waals surface area contributed by atoms with E-state index in [2.05, 4.69) is 0 Å². The minimum absolute atomic E-state index is 0.0499. The first kappa shape index (κ1) is 20.9. The first-order valence-electron chi connectivity index (χ1n) is 9.66. The zero-order valence-corrected chi connectivity index (χ0v) is 16.8. The lowest BCUT2D eigenvalue weighted by atomic mass is 9.66. The van der Waals surface area contributed by atoms with Crippen LogP contribution >= 0.6 is 0 Å². The Kier molecular flexibility index (Phi) is 4.79. The first-order valence-corrected chi connectivity index (χ1v) is 9.66. The first-order chi connectivity index (χ1) is 14.6. The summed E-state index contributed by atoms with van der Waals surface area (Å²) in [7, 11) is 1.10. The Morgan fingerprint density at radius 2 is 1.74 bits per heavy atom. The molecule has 2 aliphatic carbocycles. The van der Waals surface area contributed by atoms with Gasteiger partial charge in [0, 0.05) is 35.1 Å². The van der Waals surface area contributed by atoms with Crippen molar-refractivity contribution in [3.05, 3.63) is 63.7 Å². The van der Waals surface area contributed by atoms with Crippen molar-refractivity contribution in [3.63, 3.8) is 0 Å². The molecule has 0 spiro atoms. The Hall–Kier alpha value is -3.36. The highest BCUT2D eigenvalue weighted by atomic mass is 16.5. The fourth-order valence-corrected chi connectivity index (χ4v) is 4.77. The predicted octanol–water partition coefficient (Wildman–Crippen LogP) is 1.57. The summed E-state index contributed by atoms with van der Waals surface area (Å²) in [5.74, 6) is -4.51. The average molecular weight is 424 g/mol. The van der Waals surface area contributed by atoms with Gasteiger partial charge in [-0.15, -0.1) is 0 Å². The molecule has 0 bridgehead atoms. The van der Waals surface area contributed by atoms with E-state index in [1.165, 1.54) is 25.1 Å². The van der Waals surface area contributed by atoms with Crippen molar-refractivity contribution in [2.45, 2.75) is 37.4 Å². The summed E-state index contributed by atoms with van der Waals surface area (Å²) in [5.41, 5.74) is -2.32. The summed E-state index contributed by atoms with van der Waals surface area (Å²) in [6, 6.07) is 7.37. The number of fused-ring (bicyclic) bond motifs is 3. The molecule has 3 unspecified atom stereocenters. The molecule has 0 aliphatic heterocycles. The van der Waals surface area contributed by atoms with Gasteiger partial charge in [0.25, 0.3) is 0 Å². The maximum atomic E-state index is 13.1. The van der Waals surface area contributed by atoms with Crippen LogP contribution in [0.25, 0.3) is 0 Å². The third-order valence-corrected chi connectivity index (χ3v) is 5.98. The number of ketones is 3. The highest BCUT2D eigenvalue weighted by Gasteiger charge is 2.52. The van der Waals surface area contributed by atoms with E-state index in [0.717, 1.165) is 7.11 Å². The van der Waals surface area contributed by atoms with Crippen LogP contribution in [-0.2, 0) is 14.3 Å². The number of hydrogen-bond acceptors (Lipinski definition) is 8. The molecule has 8 heteroatoms. The van der Waals surface area contributed by atoms with Crippen LogP contribution in [0.4, 0.5) is 0 Å². The number of hydrogen-bond donors (Lipinski definition) is 3. The summed E-state index contributed by atoms with van der Waals surface area (Å²) in [6.07, 6.45) is -2.37. The van der Waals surface area contributed by atoms with Crippen LogP contribution in [0.5, 0.6) is 5.75 Å². The van der Waals surface area contributed by atoms with Crippen LogP contribution in [0.3, 0.4) is 0 Å². The number of Topliss-reactive ketones (excluding diaryl/α,β-unsaturated/α-hetero) is 1. The highest BCUT2D eigenvalue weighted by molar-refractivity contribution is 6.29. The van der Waals surface area contributed by atoms with Gasteiger partial charge in [-0.1, -0.05) is 24.3 Å². The van der Waals surface area contributed by atoms with Crippen molar-refractivity contribution in [2.24, 2.45) is 0 Å². The largest absolute Gasteiger partial charge is 0.507 e.